The van der Waals surface area contributed by atoms with Gasteiger partial charge in [-0.25, -0.2) is 0 Å². The number of nitrogens with one attached hydrogen (secondary N) is 1. The normalized spacial score (nSPS) is 24.2. The van der Waals surface area contributed by atoms with Gasteiger partial charge in [-0.2, -0.15) is 0 Å². The quantitative estimate of drug-likeness (QED) is 0.893. The molecule has 0 spiro atoms. The standard InChI is InChI=1S/C22H26N2O.ClH/c1-15-8-9-16(2)18(10-15)11-21(25)24-14-19-12-23-13-20(19)22(24)17-6-4-3-5-7-17;/h3-10,19-20,22-23H,11-14H2,1-2H3;1H/t19-,20-,22-;/m0./s1. The predicted octanol–water partition coefficient (Wildman–Crippen LogP) is 3.69. The monoisotopic (exact) mass is 370 g/mol. The van der Waals surface area contributed by atoms with E-state index in [2.05, 4.69) is 66.5 Å². The van der Waals surface area contributed by atoms with E-state index in [-0.39, 0.29) is 24.4 Å². The van der Waals surface area contributed by atoms with Crippen LogP contribution in [-0.4, -0.2) is 30.4 Å². The second kappa shape index (κ2) is 7.81. The van der Waals surface area contributed by atoms with Crippen LogP contribution in [0.3, 0.4) is 0 Å². The summed E-state index contributed by atoms with van der Waals surface area (Å²) in [6.07, 6.45) is 0.504. The lowest BCUT2D eigenvalue weighted by atomic mass is 9.89. The van der Waals surface area contributed by atoms with E-state index < -0.39 is 0 Å². The van der Waals surface area contributed by atoms with Crippen LogP contribution in [0.15, 0.2) is 48.5 Å². The lowest BCUT2D eigenvalue weighted by molar-refractivity contribution is -0.131. The number of fused-ring (bicyclic) bond motifs is 1. The second-order valence-electron chi connectivity index (χ2n) is 7.59. The minimum atomic E-state index is 0. The first-order chi connectivity index (χ1) is 12.1. The molecule has 2 heterocycles. The van der Waals surface area contributed by atoms with Crippen molar-refractivity contribution in [2.45, 2.75) is 26.3 Å². The third-order valence-corrected chi connectivity index (χ3v) is 5.87. The summed E-state index contributed by atoms with van der Waals surface area (Å²) in [5.74, 6) is 1.37. The van der Waals surface area contributed by atoms with E-state index in [1.54, 1.807) is 0 Å². The SMILES string of the molecule is Cc1ccc(C)c(CC(=O)N2C[C@@H]3CNC[C@@H]3[C@@H]2c2ccccc2)c1.Cl. The van der Waals surface area contributed by atoms with Crippen LogP contribution in [0.25, 0.3) is 0 Å². The molecule has 2 saturated heterocycles. The number of benzene rings is 2. The van der Waals surface area contributed by atoms with Gasteiger partial charge in [0.25, 0.3) is 0 Å². The van der Waals surface area contributed by atoms with Gasteiger partial charge in [0.15, 0.2) is 0 Å². The Bertz CT molecular complexity index is 777. The minimum Gasteiger partial charge on any atom is -0.335 e. The van der Waals surface area contributed by atoms with Crippen molar-refractivity contribution in [1.82, 2.24) is 10.2 Å². The van der Waals surface area contributed by atoms with Crippen molar-refractivity contribution in [3.8, 4) is 0 Å². The number of hydrogen-bond acceptors (Lipinski definition) is 2. The van der Waals surface area contributed by atoms with Crippen LogP contribution in [0, 0.1) is 25.7 Å². The van der Waals surface area contributed by atoms with Crippen LogP contribution in [0.2, 0.25) is 0 Å². The molecule has 1 amide bonds. The molecule has 138 valence electrons. The molecule has 2 aliphatic rings. The van der Waals surface area contributed by atoms with Gasteiger partial charge in [-0.05, 0) is 36.5 Å². The topological polar surface area (TPSA) is 32.3 Å². The molecule has 2 fully saturated rings. The first-order valence-electron chi connectivity index (χ1n) is 9.25. The van der Waals surface area contributed by atoms with Crippen molar-refractivity contribution >= 4 is 18.3 Å². The number of halogens is 1. The zero-order chi connectivity index (χ0) is 17.4. The Hall–Kier alpha value is -1.84. The molecule has 2 aliphatic heterocycles. The van der Waals surface area contributed by atoms with Gasteiger partial charge in [-0.3, -0.25) is 4.79 Å². The van der Waals surface area contributed by atoms with Crippen LogP contribution in [0.5, 0.6) is 0 Å². The fourth-order valence-corrected chi connectivity index (χ4v) is 4.51. The van der Waals surface area contributed by atoms with E-state index >= 15 is 0 Å². The Morgan fingerprint density at radius 1 is 1.12 bits per heavy atom. The van der Waals surface area contributed by atoms with E-state index in [0.29, 0.717) is 18.3 Å². The van der Waals surface area contributed by atoms with Gasteiger partial charge < -0.3 is 10.2 Å². The number of amides is 1. The Labute approximate surface area is 162 Å². The lowest BCUT2D eigenvalue weighted by Crippen LogP contribution is -2.35. The average Bonchev–Trinajstić information content (AvgIpc) is 3.19. The van der Waals surface area contributed by atoms with Gasteiger partial charge in [-0.1, -0.05) is 54.1 Å². The predicted molar refractivity (Wildman–Crippen MR) is 108 cm³/mol. The summed E-state index contributed by atoms with van der Waals surface area (Å²) in [6.45, 7) is 7.10. The maximum absolute atomic E-state index is 13.2. The van der Waals surface area contributed by atoms with Crippen LogP contribution < -0.4 is 5.32 Å². The zero-order valence-corrected chi connectivity index (χ0v) is 16.3. The maximum Gasteiger partial charge on any atom is 0.227 e. The van der Waals surface area contributed by atoms with Crippen molar-refractivity contribution in [2.75, 3.05) is 19.6 Å². The average molecular weight is 371 g/mol. The van der Waals surface area contributed by atoms with E-state index in [1.807, 2.05) is 6.07 Å². The third kappa shape index (κ3) is 3.51. The minimum absolute atomic E-state index is 0. The number of carbonyl (C=O) groups is 1. The molecule has 4 heteroatoms. The van der Waals surface area contributed by atoms with Gasteiger partial charge in [0.2, 0.25) is 5.91 Å². The summed E-state index contributed by atoms with van der Waals surface area (Å²) in [6, 6.07) is 17.1. The van der Waals surface area contributed by atoms with Crippen LogP contribution >= 0.6 is 12.4 Å². The number of hydrogen-bond donors (Lipinski definition) is 1. The summed E-state index contributed by atoms with van der Waals surface area (Å²) in [5, 5.41) is 3.51. The number of rotatable bonds is 3. The molecule has 2 aromatic rings. The van der Waals surface area contributed by atoms with Crippen LogP contribution in [-0.2, 0) is 11.2 Å². The van der Waals surface area contributed by atoms with Gasteiger partial charge in [0.1, 0.15) is 0 Å². The number of nitrogens with zero attached hydrogens (tertiary/aromatic N) is 1. The molecule has 0 saturated carbocycles. The first kappa shape index (κ1) is 18.9. The summed E-state index contributed by atoms with van der Waals surface area (Å²) < 4.78 is 0. The van der Waals surface area contributed by atoms with E-state index in [1.165, 1.54) is 16.7 Å². The molecule has 2 aromatic carbocycles. The molecule has 3 nitrogen and oxygen atoms in total. The fraction of sp³-hybridized carbons (Fsp3) is 0.409. The molecular formula is C22H27ClN2O. The molecule has 1 N–H and O–H groups in total. The van der Waals surface area contributed by atoms with Gasteiger partial charge >= 0.3 is 0 Å². The molecule has 26 heavy (non-hydrogen) atoms. The lowest BCUT2D eigenvalue weighted by Gasteiger charge is -2.29. The van der Waals surface area contributed by atoms with Gasteiger partial charge in [-0.15, -0.1) is 12.4 Å². The zero-order valence-electron chi connectivity index (χ0n) is 15.4. The van der Waals surface area contributed by atoms with Crippen molar-refractivity contribution in [2.24, 2.45) is 11.8 Å². The Morgan fingerprint density at radius 2 is 1.88 bits per heavy atom. The van der Waals surface area contributed by atoms with Crippen LogP contribution in [0.4, 0.5) is 0 Å². The number of likely N-dealkylation sites (tertiary alicyclic amines) is 1. The highest BCUT2D eigenvalue weighted by molar-refractivity contribution is 5.85. The van der Waals surface area contributed by atoms with Crippen molar-refractivity contribution < 1.29 is 4.79 Å². The second-order valence-corrected chi connectivity index (χ2v) is 7.59. The molecule has 4 rings (SSSR count). The number of aryl methyl sites for hydroxylation is 2. The van der Waals surface area contributed by atoms with Gasteiger partial charge in [0, 0.05) is 25.6 Å². The smallest absolute Gasteiger partial charge is 0.227 e. The van der Waals surface area contributed by atoms with E-state index in [4.69, 9.17) is 0 Å². The summed E-state index contributed by atoms with van der Waals surface area (Å²) >= 11 is 0. The first-order valence-corrected chi connectivity index (χ1v) is 9.25. The molecule has 0 bridgehead atoms. The van der Waals surface area contributed by atoms with Crippen molar-refractivity contribution in [1.29, 1.82) is 0 Å². The molecule has 0 unspecified atom stereocenters. The molecule has 3 atom stereocenters. The number of carbonyl (C=O) groups excluding carboxylic acids is 1. The van der Waals surface area contributed by atoms with E-state index in [0.717, 1.165) is 25.2 Å². The molecular weight excluding hydrogens is 344 g/mol. The maximum atomic E-state index is 13.2. The largest absolute Gasteiger partial charge is 0.335 e. The summed E-state index contributed by atoms with van der Waals surface area (Å²) in [4.78, 5) is 15.3. The Morgan fingerprint density at radius 3 is 2.65 bits per heavy atom. The van der Waals surface area contributed by atoms with Crippen molar-refractivity contribution in [3.05, 3.63) is 70.8 Å². The molecule has 0 aromatic heterocycles. The molecule has 0 radical (unpaired) electrons. The molecule has 0 aliphatic carbocycles. The Balaban J connectivity index is 0.00000196. The van der Waals surface area contributed by atoms with Crippen LogP contribution in [0.1, 0.15) is 28.3 Å². The highest BCUT2D eigenvalue weighted by Crippen LogP contribution is 2.42. The summed E-state index contributed by atoms with van der Waals surface area (Å²) in [5.41, 5.74) is 4.85. The van der Waals surface area contributed by atoms with Gasteiger partial charge in [0.05, 0.1) is 12.5 Å². The third-order valence-electron chi connectivity index (χ3n) is 5.87. The highest BCUT2D eigenvalue weighted by atomic mass is 35.5. The highest BCUT2D eigenvalue weighted by Gasteiger charge is 2.46. The van der Waals surface area contributed by atoms with Crippen molar-refractivity contribution in [3.63, 3.8) is 0 Å². The fourth-order valence-electron chi connectivity index (χ4n) is 4.51. The summed E-state index contributed by atoms with van der Waals surface area (Å²) in [7, 11) is 0. The Kier molecular flexibility index (Phi) is 5.69. The van der Waals surface area contributed by atoms with E-state index in [9.17, 15) is 4.79 Å².